The Morgan fingerprint density at radius 1 is 1.08 bits per heavy atom. The van der Waals surface area contributed by atoms with Crippen LogP contribution < -0.4 is 10.6 Å². The quantitative estimate of drug-likeness (QED) is 0.448. The summed E-state index contributed by atoms with van der Waals surface area (Å²) in [4.78, 5) is 4.35. The van der Waals surface area contributed by atoms with E-state index in [1.165, 1.54) is 0 Å². The molecule has 1 aromatic heterocycles. The fourth-order valence-electron chi connectivity index (χ4n) is 1.86. The molecule has 0 aliphatic carbocycles. The third kappa shape index (κ3) is 4.86. The van der Waals surface area contributed by atoms with Crippen molar-refractivity contribution in [2.45, 2.75) is 6.61 Å². The monoisotopic (exact) mass is 321 g/mol. The molecule has 3 aromatic rings. The van der Waals surface area contributed by atoms with Gasteiger partial charge in [0.25, 0.3) is 0 Å². The van der Waals surface area contributed by atoms with Crippen LogP contribution in [0.1, 0.15) is 11.5 Å². The highest BCUT2D eigenvalue weighted by Crippen LogP contribution is 2.17. The van der Waals surface area contributed by atoms with E-state index in [2.05, 4.69) is 23.2 Å². The summed E-state index contributed by atoms with van der Waals surface area (Å²) in [7, 11) is 0. The van der Waals surface area contributed by atoms with Gasteiger partial charge >= 0.3 is 0 Å². The first-order valence-corrected chi connectivity index (χ1v) is 6.67. The number of hydrogen-bond acceptors (Lipinski definition) is 7. The van der Waals surface area contributed by atoms with Gasteiger partial charge in [-0.1, -0.05) is 12.1 Å². The van der Waals surface area contributed by atoms with Gasteiger partial charge in [0.15, 0.2) is 12.2 Å². The molecule has 0 atom stereocenters. The fourth-order valence-corrected chi connectivity index (χ4v) is 1.86. The molecule has 0 spiro atoms. The lowest BCUT2D eigenvalue weighted by atomic mass is 10.2. The van der Waals surface area contributed by atoms with Crippen molar-refractivity contribution in [2.75, 3.05) is 0 Å². The van der Waals surface area contributed by atoms with E-state index >= 15 is 0 Å². The molecule has 0 radical (unpaired) electrons. The van der Waals surface area contributed by atoms with Crippen molar-refractivity contribution < 1.29 is 9.15 Å². The van der Waals surface area contributed by atoms with Crippen LogP contribution in [0.4, 0.5) is 0 Å². The van der Waals surface area contributed by atoms with E-state index in [0.29, 0.717) is 12.5 Å². The van der Waals surface area contributed by atoms with E-state index in [9.17, 15) is 0 Å². The molecule has 0 amide bonds. The number of nitriles is 2. The minimum absolute atomic E-state index is 0.291. The lowest BCUT2D eigenvalue weighted by molar-refractivity contribution is 0.267. The summed E-state index contributed by atoms with van der Waals surface area (Å²) in [6.07, 6.45) is 1.57. The summed E-state index contributed by atoms with van der Waals surface area (Å²) in [6.45, 7) is 7.29. The van der Waals surface area contributed by atoms with E-state index < -0.39 is 0 Å². The maximum atomic E-state index is 6.50. The zero-order valence-electron chi connectivity index (χ0n) is 12.7. The second-order valence-corrected chi connectivity index (χ2v) is 4.21. The molecule has 2 aromatic carbocycles. The van der Waals surface area contributed by atoms with Crippen molar-refractivity contribution in [1.29, 1.82) is 10.5 Å². The van der Waals surface area contributed by atoms with Crippen LogP contribution in [0.3, 0.4) is 0 Å². The number of ether oxygens (including phenoxy) is 1. The second kappa shape index (κ2) is 9.98. The number of benzene rings is 2. The highest BCUT2D eigenvalue weighted by molar-refractivity contribution is 5.79. The lowest BCUT2D eigenvalue weighted by Gasteiger charge is -2.03. The molecule has 1 heterocycles. The molecule has 0 fully saturated rings. The van der Waals surface area contributed by atoms with Crippen LogP contribution in [0.2, 0.25) is 0 Å². The molecule has 7 nitrogen and oxygen atoms in total. The van der Waals surface area contributed by atoms with Gasteiger partial charge in [-0.15, -0.1) is 0 Å². The molecule has 120 valence electrons. The van der Waals surface area contributed by atoms with E-state index in [4.69, 9.17) is 25.5 Å². The zero-order valence-corrected chi connectivity index (χ0v) is 12.7. The summed E-state index contributed by atoms with van der Waals surface area (Å²) < 4.78 is 11.2. The van der Waals surface area contributed by atoms with Crippen LogP contribution in [0.15, 0.2) is 58.0 Å². The molecule has 0 bridgehead atoms. The average Bonchev–Trinajstić information content (AvgIpc) is 3.08. The highest BCUT2D eigenvalue weighted by atomic mass is 16.5. The molecular formula is C17H15N5O2. The Morgan fingerprint density at radius 3 is 2.38 bits per heavy atom. The number of hydrogen-bond donors (Lipinski definition) is 1. The van der Waals surface area contributed by atoms with E-state index in [1.807, 2.05) is 48.5 Å². The lowest BCUT2D eigenvalue weighted by Crippen LogP contribution is -1.95. The molecule has 0 aliphatic rings. The van der Waals surface area contributed by atoms with Gasteiger partial charge < -0.3 is 15.0 Å². The van der Waals surface area contributed by atoms with Gasteiger partial charge in [-0.25, -0.2) is 15.5 Å². The SMILES string of the molecule is C#N.C#N.NN=Cc1ccc(OCc2nc3ccccc3o2)cc1. The second-order valence-electron chi connectivity index (χ2n) is 4.21. The molecular weight excluding hydrogens is 306 g/mol. The molecule has 0 saturated carbocycles. The Kier molecular flexibility index (Phi) is 7.57. The molecule has 24 heavy (non-hydrogen) atoms. The molecule has 0 aliphatic heterocycles. The third-order valence-corrected chi connectivity index (χ3v) is 2.80. The summed E-state index contributed by atoms with van der Waals surface area (Å²) >= 11 is 0. The van der Waals surface area contributed by atoms with E-state index in [1.54, 1.807) is 6.21 Å². The molecule has 0 saturated heterocycles. The minimum Gasteiger partial charge on any atom is -0.484 e. The summed E-state index contributed by atoms with van der Waals surface area (Å²) in [6, 6.07) is 15.1. The van der Waals surface area contributed by atoms with Crippen LogP contribution in [-0.2, 0) is 6.61 Å². The number of hydrazone groups is 1. The topological polar surface area (TPSA) is 121 Å². The third-order valence-electron chi connectivity index (χ3n) is 2.80. The number of nitrogens with zero attached hydrogens (tertiary/aromatic N) is 4. The normalized spacial score (nSPS) is 9.50. The van der Waals surface area contributed by atoms with Gasteiger partial charge in [0.2, 0.25) is 5.89 Å². The standard InChI is InChI=1S/C15H13N3O2.2CHN/c16-17-9-11-5-7-12(8-6-11)19-10-15-18-13-3-1-2-4-14(13)20-15;2*1-2/h1-9H,10,16H2;2*1H. The zero-order chi connectivity index (χ0) is 17.8. The van der Waals surface area contributed by atoms with Gasteiger partial charge in [-0.05, 0) is 42.0 Å². The Bertz CT molecular complexity index is 780. The number of nitrogens with two attached hydrogens (primary N) is 1. The predicted molar refractivity (Wildman–Crippen MR) is 89.9 cm³/mol. The molecule has 2 N–H and O–H groups in total. The first-order chi connectivity index (χ1) is 11.8. The summed E-state index contributed by atoms with van der Waals surface area (Å²) in [5.74, 6) is 6.38. The van der Waals surface area contributed by atoms with Crippen molar-refractivity contribution in [2.24, 2.45) is 10.9 Å². The summed E-state index contributed by atoms with van der Waals surface area (Å²) in [5.41, 5.74) is 2.52. The predicted octanol–water partition coefficient (Wildman–Crippen LogP) is 2.98. The van der Waals surface area contributed by atoms with Crippen molar-refractivity contribution in [3.8, 4) is 18.9 Å². The van der Waals surface area contributed by atoms with Gasteiger partial charge in [0, 0.05) is 13.1 Å². The van der Waals surface area contributed by atoms with Crippen molar-refractivity contribution in [3.05, 3.63) is 60.0 Å². The van der Waals surface area contributed by atoms with Gasteiger partial charge in [0.1, 0.15) is 11.3 Å². The van der Waals surface area contributed by atoms with Crippen LogP contribution in [0, 0.1) is 23.7 Å². The highest BCUT2D eigenvalue weighted by Gasteiger charge is 2.05. The Morgan fingerprint density at radius 2 is 1.75 bits per heavy atom. The maximum Gasteiger partial charge on any atom is 0.233 e. The Balaban J connectivity index is 0.000000671. The number of rotatable bonds is 4. The van der Waals surface area contributed by atoms with Gasteiger partial charge in [-0.3, -0.25) is 0 Å². The first-order valence-electron chi connectivity index (χ1n) is 6.67. The summed E-state index contributed by atoms with van der Waals surface area (Å²) in [5, 5.41) is 16.5. The van der Waals surface area contributed by atoms with Gasteiger partial charge in [-0.2, -0.15) is 5.10 Å². The minimum atomic E-state index is 0.291. The van der Waals surface area contributed by atoms with E-state index in [0.717, 1.165) is 22.4 Å². The van der Waals surface area contributed by atoms with Crippen LogP contribution in [0.5, 0.6) is 5.75 Å². The fraction of sp³-hybridized carbons (Fsp3) is 0.0588. The van der Waals surface area contributed by atoms with E-state index in [-0.39, 0.29) is 0 Å². The molecule has 3 rings (SSSR count). The van der Waals surface area contributed by atoms with Crippen molar-refractivity contribution >= 4 is 17.3 Å². The molecule has 7 heteroatoms. The first kappa shape index (κ1) is 18.2. The number of oxazole rings is 1. The molecule has 0 unspecified atom stereocenters. The largest absolute Gasteiger partial charge is 0.484 e. The van der Waals surface area contributed by atoms with Crippen LogP contribution in [0.25, 0.3) is 11.1 Å². The average molecular weight is 321 g/mol. The number of aromatic nitrogens is 1. The van der Waals surface area contributed by atoms with Crippen molar-refractivity contribution in [3.63, 3.8) is 0 Å². The number of fused-ring (bicyclic) bond motifs is 1. The van der Waals surface area contributed by atoms with Crippen molar-refractivity contribution in [1.82, 2.24) is 4.98 Å². The van der Waals surface area contributed by atoms with Crippen LogP contribution in [-0.4, -0.2) is 11.2 Å². The Hall–Kier alpha value is -3.84. The maximum absolute atomic E-state index is 6.50. The van der Waals surface area contributed by atoms with Gasteiger partial charge in [0.05, 0.1) is 6.21 Å². The Labute approximate surface area is 139 Å². The number of para-hydroxylation sites is 2. The van der Waals surface area contributed by atoms with Crippen LogP contribution >= 0.6 is 0 Å². The smallest absolute Gasteiger partial charge is 0.233 e.